The molecule has 1 unspecified atom stereocenters. The zero-order chi connectivity index (χ0) is 14.4. The third-order valence-corrected chi connectivity index (χ3v) is 2.84. The molecule has 0 bridgehead atoms. The molecule has 0 saturated heterocycles. The summed E-state index contributed by atoms with van der Waals surface area (Å²) < 4.78 is 10.4. The van der Waals surface area contributed by atoms with Gasteiger partial charge >= 0.3 is 5.97 Å². The zero-order valence-electron chi connectivity index (χ0n) is 10.6. The molecule has 0 aromatic heterocycles. The van der Waals surface area contributed by atoms with E-state index in [4.69, 9.17) is 32.7 Å². The molecular weight excluding hydrogens is 291 g/mol. The van der Waals surface area contributed by atoms with Gasteiger partial charge < -0.3 is 9.47 Å². The second kappa shape index (κ2) is 7.36. The monoisotopic (exact) mass is 304 g/mol. The van der Waals surface area contributed by atoms with Gasteiger partial charge in [0.05, 0.1) is 17.2 Å². The van der Waals surface area contributed by atoms with Crippen molar-refractivity contribution in [3.8, 4) is 5.75 Å². The van der Waals surface area contributed by atoms with Crippen molar-refractivity contribution in [3.63, 3.8) is 0 Å². The van der Waals surface area contributed by atoms with Crippen LogP contribution in [0.4, 0.5) is 0 Å². The molecule has 1 aromatic carbocycles. The summed E-state index contributed by atoms with van der Waals surface area (Å²) >= 11 is 11.8. The minimum absolute atomic E-state index is 0.140. The highest BCUT2D eigenvalue weighted by Crippen LogP contribution is 2.32. The summed E-state index contributed by atoms with van der Waals surface area (Å²) in [6, 6.07) is 2.87. The normalized spacial score (nSPS) is 11.8. The average Bonchev–Trinajstić information content (AvgIpc) is 2.37. The van der Waals surface area contributed by atoms with E-state index in [1.54, 1.807) is 13.8 Å². The van der Waals surface area contributed by atoms with Crippen molar-refractivity contribution in [1.82, 2.24) is 0 Å². The number of esters is 1. The summed E-state index contributed by atoms with van der Waals surface area (Å²) in [5.41, 5.74) is 0.195. The molecule has 1 aromatic rings. The summed E-state index contributed by atoms with van der Waals surface area (Å²) in [6.45, 7) is 3.73. The van der Waals surface area contributed by atoms with Crippen LogP contribution in [0.15, 0.2) is 12.1 Å². The number of ether oxygens (including phenoxy) is 2. The average molecular weight is 305 g/mol. The van der Waals surface area contributed by atoms with Gasteiger partial charge in [-0.3, -0.25) is 4.79 Å². The van der Waals surface area contributed by atoms with Crippen molar-refractivity contribution in [1.29, 1.82) is 0 Å². The topological polar surface area (TPSA) is 52.6 Å². The molecule has 0 N–H and O–H groups in total. The highest BCUT2D eigenvalue weighted by molar-refractivity contribution is 6.36. The van der Waals surface area contributed by atoms with Gasteiger partial charge in [0.25, 0.3) is 0 Å². The summed E-state index contributed by atoms with van der Waals surface area (Å²) in [6.07, 6.45) is 0.165. The van der Waals surface area contributed by atoms with E-state index in [0.29, 0.717) is 17.7 Å². The van der Waals surface area contributed by atoms with E-state index in [0.717, 1.165) is 0 Å². The van der Waals surface area contributed by atoms with Crippen molar-refractivity contribution in [2.75, 3.05) is 6.61 Å². The van der Waals surface area contributed by atoms with E-state index < -0.39 is 12.1 Å². The van der Waals surface area contributed by atoms with Crippen LogP contribution < -0.4 is 4.74 Å². The molecule has 0 amide bonds. The molecule has 4 nitrogen and oxygen atoms in total. The van der Waals surface area contributed by atoms with Crippen molar-refractivity contribution in [2.24, 2.45) is 0 Å². The molecule has 1 rings (SSSR count). The lowest BCUT2D eigenvalue weighted by molar-refractivity contribution is -0.151. The first-order chi connectivity index (χ1) is 9.03. The first-order valence-electron chi connectivity index (χ1n) is 5.80. The quantitative estimate of drug-likeness (QED) is 0.596. The summed E-state index contributed by atoms with van der Waals surface area (Å²) in [7, 11) is 0. The third kappa shape index (κ3) is 4.11. The molecule has 0 aliphatic heterocycles. The standard InChI is InChI=1S/C13H14Cl2O4/c1-3-11(13(17)18-4-2)19-12-8(7-16)5-9(14)6-10(12)15/h5-7,11H,3-4H2,1-2H3. The largest absolute Gasteiger partial charge is 0.476 e. The van der Waals surface area contributed by atoms with Gasteiger partial charge in [-0.05, 0) is 25.5 Å². The Morgan fingerprint density at radius 3 is 2.58 bits per heavy atom. The molecule has 0 aliphatic carbocycles. The van der Waals surface area contributed by atoms with Crippen molar-refractivity contribution >= 4 is 35.5 Å². The SMILES string of the molecule is CCOC(=O)C(CC)Oc1c(Cl)cc(Cl)cc1C=O. The number of benzene rings is 1. The Morgan fingerprint density at radius 2 is 2.05 bits per heavy atom. The Hall–Kier alpha value is -1.26. The first kappa shape index (κ1) is 15.8. The Balaban J connectivity index is 3.03. The molecule has 0 spiro atoms. The van der Waals surface area contributed by atoms with Gasteiger partial charge in [-0.15, -0.1) is 0 Å². The van der Waals surface area contributed by atoms with Crippen LogP contribution in [0.5, 0.6) is 5.75 Å². The first-order valence-corrected chi connectivity index (χ1v) is 6.56. The molecular formula is C13H14Cl2O4. The van der Waals surface area contributed by atoms with Crippen LogP contribution in [-0.4, -0.2) is 25.0 Å². The smallest absolute Gasteiger partial charge is 0.347 e. The van der Waals surface area contributed by atoms with Gasteiger partial charge in [-0.2, -0.15) is 0 Å². The van der Waals surface area contributed by atoms with Gasteiger partial charge in [0.1, 0.15) is 5.75 Å². The van der Waals surface area contributed by atoms with E-state index in [-0.39, 0.29) is 22.9 Å². The molecule has 0 saturated carbocycles. The number of rotatable bonds is 6. The molecule has 0 heterocycles. The van der Waals surface area contributed by atoms with Crippen LogP contribution in [0.25, 0.3) is 0 Å². The zero-order valence-corrected chi connectivity index (χ0v) is 12.1. The summed E-state index contributed by atoms with van der Waals surface area (Å²) in [5, 5.41) is 0.501. The summed E-state index contributed by atoms with van der Waals surface area (Å²) in [4.78, 5) is 22.6. The van der Waals surface area contributed by atoms with Crippen LogP contribution in [0, 0.1) is 0 Å². The van der Waals surface area contributed by atoms with Gasteiger partial charge in [0, 0.05) is 5.02 Å². The molecule has 0 aliphatic rings. The van der Waals surface area contributed by atoms with E-state index >= 15 is 0 Å². The number of aldehydes is 1. The lowest BCUT2D eigenvalue weighted by atomic mass is 10.2. The van der Waals surface area contributed by atoms with Crippen LogP contribution in [0.3, 0.4) is 0 Å². The molecule has 0 fully saturated rings. The lowest BCUT2D eigenvalue weighted by Gasteiger charge is -2.18. The minimum Gasteiger partial charge on any atom is -0.476 e. The van der Waals surface area contributed by atoms with E-state index in [1.165, 1.54) is 12.1 Å². The maximum Gasteiger partial charge on any atom is 0.347 e. The second-order valence-electron chi connectivity index (χ2n) is 3.69. The number of carbonyl (C=O) groups is 2. The Morgan fingerprint density at radius 1 is 1.37 bits per heavy atom. The third-order valence-electron chi connectivity index (χ3n) is 2.34. The fourth-order valence-electron chi connectivity index (χ4n) is 1.47. The van der Waals surface area contributed by atoms with Crippen LogP contribution in [0.2, 0.25) is 10.0 Å². The number of halogens is 2. The maximum absolute atomic E-state index is 11.7. The highest BCUT2D eigenvalue weighted by atomic mass is 35.5. The Kier molecular flexibility index (Phi) is 6.12. The number of carbonyl (C=O) groups excluding carboxylic acids is 2. The molecule has 0 radical (unpaired) electrons. The maximum atomic E-state index is 11.7. The van der Waals surface area contributed by atoms with Gasteiger partial charge in [0.15, 0.2) is 12.4 Å². The Bertz CT molecular complexity index is 474. The molecule has 104 valence electrons. The van der Waals surface area contributed by atoms with Crippen LogP contribution in [0.1, 0.15) is 30.6 Å². The van der Waals surface area contributed by atoms with Gasteiger partial charge in [-0.25, -0.2) is 4.79 Å². The van der Waals surface area contributed by atoms with E-state index in [2.05, 4.69) is 0 Å². The molecule has 6 heteroatoms. The fourth-order valence-corrected chi connectivity index (χ4v) is 2.02. The van der Waals surface area contributed by atoms with Gasteiger partial charge in [0.2, 0.25) is 0 Å². The highest BCUT2D eigenvalue weighted by Gasteiger charge is 2.22. The number of hydrogen-bond acceptors (Lipinski definition) is 4. The van der Waals surface area contributed by atoms with Crippen molar-refractivity contribution in [2.45, 2.75) is 26.4 Å². The Labute approximate surface area is 121 Å². The second-order valence-corrected chi connectivity index (χ2v) is 4.53. The predicted molar refractivity (Wildman–Crippen MR) is 73.2 cm³/mol. The minimum atomic E-state index is -0.808. The molecule has 19 heavy (non-hydrogen) atoms. The fraction of sp³-hybridized carbons (Fsp3) is 0.385. The van der Waals surface area contributed by atoms with Gasteiger partial charge in [-0.1, -0.05) is 30.1 Å². The van der Waals surface area contributed by atoms with Crippen LogP contribution in [-0.2, 0) is 9.53 Å². The van der Waals surface area contributed by atoms with Crippen LogP contribution >= 0.6 is 23.2 Å². The lowest BCUT2D eigenvalue weighted by Crippen LogP contribution is -2.29. The molecule has 1 atom stereocenters. The van der Waals surface area contributed by atoms with Crippen molar-refractivity contribution < 1.29 is 19.1 Å². The van der Waals surface area contributed by atoms with Crippen molar-refractivity contribution in [3.05, 3.63) is 27.7 Å². The van der Waals surface area contributed by atoms with E-state index in [1.807, 2.05) is 0 Å². The predicted octanol–water partition coefficient (Wildman–Crippen LogP) is 3.53. The van der Waals surface area contributed by atoms with E-state index in [9.17, 15) is 9.59 Å². The number of hydrogen-bond donors (Lipinski definition) is 0. The summed E-state index contributed by atoms with van der Waals surface area (Å²) in [5.74, 6) is -0.353.